The van der Waals surface area contributed by atoms with Gasteiger partial charge in [0.1, 0.15) is 5.15 Å². The fourth-order valence-corrected chi connectivity index (χ4v) is 6.55. The molecule has 6 nitrogen and oxygen atoms in total. The number of hydrogen-bond donors (Lipinski definition) is 3. The first-order valence-electron chi connectivity index (χ1n) is 8.51. The lowest BCUT2D eigenvalue weighted by Gasteiger charge is -2.28. The highest BCUT2D eigenvalue weighted by atomic mass is 127. The van der Waals surface area contributed by atoms with E-state index in [1.54, 1.807) is 22.7 Å². The van der Waals surface area contributed by atoms with E-state index in [0.717, 1.165) is 35.5 Å². The maximum absolute atomic E-state index is 8.36. The number of rotatable bonds is 4. The average molecular weight is 552 g/mol. The van der Waals surface area contributed by atoms with Gasteiger partial charge in [0, 0.05) is 40.9 Å². The van der Waals surface area contributed by atoms with Crippen LogP contribution >= 0.6 is 56.9 Å². The molecule has 0 unspecified atom stereocenters. The zero-order valence-electron chi connectivity index (χ0n) is 14.7. The van der Waals surface area contributed by atoms with Crippen molar-refractivity contribution >= 4 is 79.2 Å². The van der Waals surface area contributed by atoms with Crippen molar-refractivity contribution in [1.82, 2.24) is 4.98 Å². The molecule has 3 aromatic heterocycles. The van der Waals surface area contributed by atoms with E-state index in [1.165, 1.54) is 13.3 Å². The van der Waals surface area contributed by atoms with Crippen LogP contribution in [0.3, 0.4) is 0 Å². The van der Waals surface area contributed by atoms with Crippen molar-refractivity contribution in [3.05, 3.63) is 42.1 Å². The molecule has 1 saturated heterocycles. The standard InChI is InChI=1S/C17H17ClIN3OS2.CH2O2/c18-13-6-12(21-7-9-2-1-5-24-9)17-15(22-13)14(19)16(25-17)10-3-4-23-8-11(10)20;2-1-3/h1-2,5-6,10-11H,3-4,7-8,20H2,(H,21,22);1H,(H,2,3)/t10-,11-;/m1./s1. The highest BCUT2D eigenvalue weighted by Crippen LogP contribution is 2.43. The monoisotopic (exact) mass is 551 g/mol. The second kappa shape index (κ2) is 10.2. The molecule has 10 heteroatoms. The number of thiophene rings is 2. The lowest BCUT2D eigenvalue weighted by atomic mass is 9.94. The van der Waals surface area contributed by atoms with Gasteiger partial charge in [-0.1, -0.05) is 17.7 Å². The Kier molecular flexibility index (Phi) is 7.89. The van der Waals surface area contributed by atoms with Gasteiger partial charge in [-0.2, -0.15) is 0 Å². The molecule has 4 rings (SSSR count). The van der Waals surface area contributed by atoms with Gasteiger partial charge >= 0.3 is 0 Å². The highest BCUT2D eigenvalue weighted by molar-refractivity contribution is 14.1. The smallest absolute Gasteiger partial charge is 0.290 e. The van der Waals surface area contributed by atoms with Crippen molar-refractivity contribution in [2.24, 2.45) is 5.73 Å². The number of halogens is 2. The van der Waals surface area contributed by atoms with Gasteiger partial charge in [0.05, 0.1) is 26.1 Å². The lowest BCUT2D eigenvalue weighted by Crippen LogP contribution is -2.37. The summed E-state index contributed by atoms with van der Waals surface area (Å²) < 4.78 is 7.82. The molecule has 0 aromatic carbocycles. The number of nitrogens with zero attached hydrogens (tertiary/aromatic N) is 1. The molecule has 0 aliphatic carbocycles. The number of pyridine rings is 1. The Balaban J connectivity index is 0.000000706. The Hall–Kier alpha value is -0.980. The molecule has 4 N–H and O–H groups in total. The van der Waals surface area contributed by atoms with E-state index in [9.17, 15) is 0 Å². The Labute approximate surface area is 189 Å². The molecule has 28 heavy (non-hydrogen) atoms. The van der Waals surface area contributed by atoms with Crippen LogP contribution in [-0.2, 0) is 16.1 Å². The van der Waals surface area contributed by atoms with Crippen LogP contribution in [0.25, 0.3) is 10.2 Å². The first-order valence-corrected chi connectivity index (χ1v) is 11.7. The van der Waals surface area contributed by atoms with Gasteiger partial charge in [-0.15, -0.1) is 22.7 Å². The summed E-state index contributed by atoms with van der Waals surface area (Å²) in [5.74, 6) is 0.323. The number of carbonyl (C=O) groups is 1. The van der Waals surface area contributed by atoms with Crippen LogP contribution < -0.4 is 11.1 Å². The molecule has 0 radical (unpaired) electrons. The number of anilines is 1. The van der Waals surface area contributed by atoms with E-state index in [4.69, 9.17) is 32.0 Å². The van der Waals surface area contributed by atoms with Crippen molar-refractivity contribution in [2.45, 2.75) is 24.9 Å². The number of nitrogens with two attached hydrogens (primary N) is 1. The molecule has 2 atom stereocenters. The van der Waals surface area contributed by atoms with E-state index in [2.05, 4.69) is 50.4 Å². The molecule has 0 spiro atoms. The summed E-state index contributed by atoms with van der Waals surface area (Å²) in [7, 11) is 0. The number of fused-ring (bicyclic) bond motifs is 1. The number of aromatic nitrogens is 1. The Morgan fingerprint density at radius 2 is 2.32 bits per heavy atom. The number of hydrogen-bond acceptors (Lipinski definition) is 7. The summed E-state index contributed by atoms with van der Waals surface area (Å²) in [6.07, 6.45) is 0.954. The van der Waals surface area contributed by atoms with Crippen molar-refractivity contribution in [2.75, 3.05) is 18.5 Å². The fraction of sp³-hybridized carbons (Fsp3) is 0.333. The molecule has 150 valence electrons. The van der Waals surface area contributed by atoms with E-state index in [0.29, 0.717) is 17.7 Å². The van der Waals surface area contributed by atoms with E-state index >= 15 is 0 Å². The van der Waals surface area contributed by atoms with Crippen molar-refractivity contribution in [1.29, 1.82) is 0 Å². The molecule has 1 fully saturated rings. The maximum Gasteiger partial charge on any atom is 0.290 e. The third-order valence-corrected chi connectivity index (χ3v) is 8.22. The van der Waals surface area contributed by atoms with Gasteiger partial charge < -0.3 is 20.9 Å². The van der Waals surface area contributed by atoms with Crippen LogP contribution in [-0.4, -0.2) is 35.8 Å². The van der Waals surface area contributed by atoms with Crippen LogP contribution in [0.4, 0.5) is 5.69 Å². The van der Waals surface area contributed by atoms with Gasteiger partial charge in [0.15, 0.2) is 0 Å². The summed E-state index contributed by atoms with van der Waals surface area (Å²) >= 11 is 12.2. The van der Waals surface area contributed by atoms with Crippen LogP contribution in [0.1, 0.15) is 22.1 Å². The van der Waals surface area contributed by atoms with Gasteiger partial charge in [-0.05, 0) is 40.5 Å². The summed E-state index contributed by atoms with van der Waals surface area (Å²) in [5.41, 5.74) is 8.32. The zero-order chi connectivity index (χ0) is 20.1. The topological polar surface area (TPSA) is 97.5 Å². The third kappa shape index (κ3) is 4.95. The van der Waals surface area contributed by atoms with Crippen molar-refractivity contribution in [3.63, 3.8) is 0 Å². The molecule has 1 aliphatic rings. The molecule has 3 aromatic rings. The van der Waals surface area contributed by atoms with Gasteiger partial charge in [0.25, 0.3) is 6.47 Å². The van der Waals surface area contributed by atoms with E-state index in [-0.39, 0.29) is 12.5 Å². The Bertz CT molecular complexity index is 936. The van der Waals surface area contributed by atoms with Gasteiger partial charge in [-0.3, -0.25) is 4.79 Å². The fourth-order valence-electron chi connectivity index (χ4n) is 3.08. The van der Waals surface area contributed by atoms with E-state index < -0.39 is 0 Å². The largest absolute Gasteiger partial charge is 0.483 e. The minimum Gasteiger partial charge on any atom is -0.483 e. The second-order valence-corrected chi connectivity index (χ2v) is 9.67. The average Bonchev–Trinajstić information content (AvgIpc) is 3.30. The highest BCUT2D eigenvalue weighted by Gasteiger charge is 2.29. The second-order valence-electron chi connectivity index (χ2n) is 6.12. The van der Waals surface area contributed by atoms with Crippen molar-refractivity contribution in [3.8, 4) is 0 Å². The van der Waals surface area contributed by atoms with Gasteiger partial charge in [0.2, 0.25) is 0 Å². The minimum absolute atomic E-state index is 0.0355. The quantitative estimate of drug-likeness (QED) is 0.246. The first kappa shape index (κ1) is 21.7. The minimum atomic E-state index is -0.250. The predicted octanol–water partition coefficient (Wildman–Crippen LogP) is 4.76. The van der Waals surface area contributed by atoms with Crippen LogP contribution in [0.5, 0.6) is 0 Å². The molecule has 0 bridgehead atoms. The van der Waals surface area contributed by atoms with Crippen LogP contribution in [0.2, 0.25) is 5.15 Å². The Morgan fingerprint density at radius 1 is 1.54 bits per heavy atom. The third-order valence-electron chi connectivity index (χ3n) is 4.35. The number of nitrogens with one attached hydrogen (secondary N) is 1. The summed E-state index contributed by atoms with van der Waals surface area (Å²) in [5, 5.41) is 13.0. The number of carboxylic acid groups (broad SMARTS) is 1. The van der Waals surface area contributed by atoms with Crippen LogP contribution in [0.15, 0.2) is 23.6 Å². The maximum atomic E-state index is 8.36. The lowest BCUT2D eigenvalue weighted by molar-refractivity contribution is -0.122. The Morgan fingerprint density at radius 3 is 3.00 bits per heavy atom. The SMILES string of the molecule is N[C@@H]1COCC[C@H]1c1sc2c(NCc3cccs3)cc(Cl)nc2c1I.O=CO. The van der Waals surface area contributed by atoms with Crippen LogP contribution in [0, 0.1) is 3.57 Å². The van der Waals surface area contributed by atoms with E-state index in [1.807, 2.05) is 6.07 Å². The molecular formula is C18H19ClIN3O3S2. The van der Waals surface area contributed by atoms with Gasteiger partial charge in [-0.25, -0.2) is 4.98 Å². The molecule has 4 heterocycles. The molecular weight excluding hydrogens is 533 g/mol. The predicted molar refractivity (Wildman–Crippen MR) is 124 cm³/mol. The summed E-state index contributed by atoms with van der Waals surface area (Å²) in [4.78, 5) is 15.5. The van der Waals surface area contributed by atoms with Crippen molar-refractivity contribution < 1.29 is 14.6 Å². The zero-order valence-corrected chi connectivity index (χ0v) is 19.3. The summed E-state index contributed by atoms with van der Waals surface area (Å²) in [6.45, 7) is 1.92. The molecule has 0 amide bonds. The molecule has 1 aliphatic heterocycles. The summed E-state index contributed by atoms with van der Waals surface area (Å²) in [6, 6.07) is 6.14. The molecule has 0 saturated carbocycles. The first-order chi connectivity index (χ1) is 13.5. The number of ether oxygens (including phenoxy) is 1. The normalized spacial score (nSPS) is 19.1.